The molecule has 0 bridgehead atoms. The van der Waals surface area contributed by atoms with Crippen molar-refractivity contribution in [2.24, 2.45) is 0 Å². The van der Waals surface area contributed by atoms with Gasteiger partial charge in [0, 0.05) is 51.3 Å². The summed E-state index contributed by atoms with van der Waals surface area (Å²) in [6.07, 6.45) is 3.35. The van der Waals surface area contributed by atoms with Crippen molar-refractivity contribution in [1.82, 2.24) is 15.1 Å². The fraction of sp³-hybridized carbons (Fsp3) is 0.579. The first-order valence-electron chi connectivity index (χ1n) is 9.15. The van der Waals surface area contributed by atoms with Crippen molar-refractivity contribution in [2.75, 3.05) is 39.3 Å². The second-order valence-electron chi connectivity index (χ2n) is 6.39. The van der Waals surface area contributed by atoms with E-state index in [1.807, 2.05) is 4.90 Å². The van der Waals surface area contributed by atoms with Gasteiger partial charge in [0.15, 0.2) is 0 Å². The summed E-state index contributed by atoms with van der Waals surface area (Å²) in [4.78, 5) is 28.6. The first-order valence-corrected chi connectivity index (χ1v) is 9.15. The van der Waals surface area contributed by atoms with Gasteiger partial charge in [-0.2, -0.15) is 0 Å². The van der Waals surface area contributed by atoms with E-state index in [-0.39, 0.29) is 17.6 Å². The lowest BCUT2D eigenvalue weighted by atomic mass is 10.1. The van der Waals surface area contributed by atoms with Crippen LogP contribution >= 0.6 is 0 Å². The van der Waals surface area contributed by atoms with E-state index in [1.165, 1.54) is 24.3 Å². The molecule has 5 nitrogen and oxygen atoms in total. The van der Waals surface area contributed by atoms with E-state index in [0.29, 0.717) is 25.1 Å². The Morgan fingerprint density at radius 2 is 1.80 bits per heavy atom. The lowest BCUT2D eigenvalue weighted by Crippen LogP contribution is -2.47. The number of carbonyl (C=O) groups excluding carboxylic acids is 2. The molecule has 1 fully saturated rings. The van der Waals surface area contributed by atoms with Crippen LogP contribution in [-0.4, -0.2) is 60.9 Å². The monoisotopic (exact) mass is 349 g/mol. The van der Waals surface area contributed by atoms with Crippen LogP contribution in [-0.2, 0) is 4.79 Å². The SMILES string of the molecule is CCCCCN(CCC(=O)N1CCNCC1)C(=O)c1ccc(F)cc1. The number of benzene rings is 1. The summed E-state index contributed by atoms with van der Waals surface area (Å²) in [5.41, 5.74) is 0.465. The van der Waals surface area contributed by atoms with E-state index in [1.54, 1.807) is 4.90 Å². The summed E-state index contributed by atoms with van der Waals surface area (Å²) in [7, 11) is 0. The van der Waals surface area contributed by atoms with E-state index >= 15 is 0 Å². The third-order valence-corrected chi connectivity index (χ3v) is 4.48. The Labute approximate surface area is 149 Å². The van der Waals surface area contributed by atoms with Gasteiger partial charge in [0.2, 0.25) is 5.91 Å². The van der Waals surface area contributed by atoms with Crippen molar-refractivity contribution < 1.29 is 14.0 Å². The largest absolute Gasteiger partial charge is 0.340 e. The lowest BCUT2D eigenvalue weighted by Gasteiger charge is -2.29. The summed E-state index contributed by atoms with van der Waals surface area (Å²) in [5.74, 6) is -0.402. The summed E-state index contributed by atoms with van der Waals surface area (Å²) in [5, 5.41) is 3.22. The molecule has 1 heterocycles. The quantitative estimate of drug-likeness (QED) is 0.733. The minimum atomic E-state index is -0.358. The lowest BCUT2D eigenvalue weighted by molar-refractivity contribution is -0.131. The Kier molecular flexibility index (Phi) is 7.85. The molecular weight excluding hydrogens is 321 g/mol. The molecule has 1 N–H and O–H groups in total. The molecule has 0 aromatic heterocycles. The van der Waals surface area contributed by atoms with Gasteiger partial charge in [0.1, 0.15) is 5.82 Å². The topological polar surface area (TPSA) is 52.7 Å². The van der Waals surface area contributed by atoms with Crippen LogP contribution in [0.15, 0.2) is 24.3 Å². The normalized spacial score (nSPS) is 14.4. The highest BCUT2D eigenvalue weighted by Crippen LogP contribution is 2.10. The molecule has 1 aromatic carbocycles. The molecule has 0 radical (unpaired) electrons. The van der Waals surface area contributed by atoms with E-state index < -0.39 is 0 Å². The van der Waals surface area contributed by atoms with Crippen LogP contribution < -0.4 is 5.32 Å². The number of hydrogen-bond donors (Lipinski definition) is 1. The summed E-state index contributed by atoms with van der Waals surface area (Å²) >= 11 is 0. The van der Waals surface area contributed by atoms with Crippen molar-refractivity contribution in [3.63, 3.8) is 0 Å². The summed E-state index contributed by atoms with van der Waals surface area (Å²) in [6, 6.07) is 5.60. The van der Waals surface area contributed by atoms with Gasteiger partial charge >= 0.3 is 0 Å². The van der Waals surface area contributed by atoms with Crippen molar-refractivity contribution in [1.29, 1.82) is 0 Å². The van der Waals surface area contributed by atoms with Crippen LogP contribution in [0.2, 0.25) is 0 Å². The van der Waals surface area contributed by atoms with Gasteiger partial charge in [0.25, 0.3) is 5.91 Å². The van der Waals surface area contributed by atoms with Crippen molar-refractivity contribution in [3.05, 3.63) is 35.6 Å². The van der Waals surface area contributed by atoms with Gasteiger partial charge in [-0.15, -0.1) is 0 Å². The molecule has 138 valence electrons. The van der Waals surface area contributed by atoms with Crippen molar-refractivity contribution >= 4 is 11.8 Å². The highest BCUT2D eigenvalue weighted by Gasteiger charge is 2.20. The number of carbonyl (C=O) groups is 2. The molecule has 0 unspecified atom stereocenters. The van der Waals surface area contributed by atoms with Crippen LogP contribution in [0.3, 0.4) is 0 Å². The van der Waals surface area contributed by atoms with E-state index in [4.69, 9.17) is 0 Å². The fourth-order valence-electron chi connectivity index (χ4n) is 2.95. The zero-order valence-electron chi connectivity index (χ0n) is 15.0. The predicted molar refractivity (Wildman–Crippen MR) is 95.9 cm³/mol. The van der Waals surface area contributed by atoms with Gasteiger partial charge in [-0.05, 0) is 30.7 Å². The van der Waals surface area contributed by atoms with Crippen molar-refractivity contribution in [2.45, 2.75) is 32.6 Å². The molecule has 0 spiro atoms. The minimum Gasteiger partial charge on any atom is -0.340 e. The first kappa shape index (κ1) is 19.4. The molecule has 1 aromatic rings. The predicted octanol–water partition coefficient (Wildman–Crippen LogP) is 2.28. The average Bonchev–Trinajstić information content (AvgIpc) is 2.65. The van der Waals surface area contributed by atoms with Crippen LogP contribution in [0.4, 0.5) is 4.39 Å². The number of amides is 2. The molecule has 25 heavy (non-hydrogen) atoms. The van der Waals surface area contributed by atoms with Gasteiger partial charge in [-0.25, -0.2) is 4.39 Å². The number of nitrogens with one attached hydrogen (secondary N) is 1. The molecule has 1 saturated heterocycles. The number of piperazine rings is 1. The van der Waals surface area contributed by atoms with E-state index in [2.05, 4.69) is 12.2 Å². The third kappa shape index (κ3) is 6.12. The second kappa shape index (κ2) is 10.1. The Morgan fingerprint density at radius 1 is 1.12 bits per heavy atom. The highest BCUT2D eigenvalue weighted by atomic mass is 19.1. The summed E-state index contributed by atoms with van der Waals surface area (Å²) in [6.45, 7) is 6.23. The van der Waals surface area contributed by atoms with Crippen LogP contribution in [0.25, 0.3) is 0 Å². The van der Waals surface area contributed by atoms with Crippen molar-refractivity contribution in [3.8, 4) is 0 Å². The zero-order chi connectivity index (χ0) is 18.1. The van der Waals surface area contributed by atoms with Gasteiger partial charge in [-0.1, -0.05) is 19.8 Å². The number of nitrogens with zero attached hydrogens (tertiary/aromatic N) is 2. The van der Waals surface area contributed by atoms with E-state index in [9.17, 15) is 14.0 Å². The minimum absolute atomic E-state index is 0.0916. The molecule has 0 aliphatic carbocycles. The van der Waals surface area contributed by atoms with Gasteiger partial charge in [-0.3, -0.25) is 9.59 Å². The molecular formula is C19H28FN3O2. The smallest absolute Gasteiger partial charge is 0.253 e. The standard InChI is InChI=1S/C19H28FN3O2/c1-2-3-4-12-23(19(25)16-5-7-17(20)8-6-16)13-9-18(24)22-14-10-21-11-15-22/h5-8,21H,2-4,9-15H2,1H3. The summed E-state index contributed by atoms with van der Waals surface area (Å²) < 4.78 is 13.1. The van der Waals surface area contributed by atoms with E-state index in [0.717, 1.165) is 45.4 Å². The maximum atomic E-state index is 13.1. The van der Waals surface area contributed by atoms with Crippen LogP contribution in [0, 0.1) is 5.82 Å². The van der Waals surface area contributed by atoms with Crippen LogP contribution in [0.5, 0.6) is 0 Å². The molecule has 1 aliphatic rings. The zero-order valence-corrected chi connectivity index (χ0v) is 15.0. The molecule has 0 saturated carbocycles. The molecule has 0 atom stereocenters. The van der Waals surface area contributed by atoms with Gasteiger partial charge in [0.05, 0.1) is 0 Å². The Morgan fingerprint density at radius 3 is 2.44 bits per heavy atom. The number of halogens is 1. The third-order valence-electron chi connectivity index (χ3n) is 4.48. The number of rotatable bonds is 8. The number of hydrogen-bond acceptors (Lipinski definition) is 3. The first-order chi connectivity index (χ1) is 12.1. The molecule has 6 heteroatoms. The number of unbranched alkanes of at least 4 members (excludes halogenated alkanes) is 2. The van der Waals surface area contributed by atoms with Crippen LogP contribution in [0.1, 0.15) is 43.0 Å². The maximum Gasteiger partial charge on any atom is 0.253 e. The Balaban J connectivity index is 1.95. The Bertz CT molecular complexity index is 556. The molecule has 2 rings (SSSR count). The van der Waals surface area contributed by atoms with Gasteiger partial charge < -0.3 is 15.1 Å². The molecule has 1 aliphatic heterocycles. The highest BCUT2D eigenvalue weighted by molar-refractivity contribution is 5.94. The Hall–Kier alpha value is -1.95. The second-order valence-corrected chi connectivity index (χ2v) is 6.39. The fourth-order valence-corrected chi connectivity index (χ4v) is 2.95. The maximum absolute atomic E-state index is 13.1. The average molecular weight is 349 g/mol. The molecule has 2 amide bonds.